The van der Waals surface area contributed by atoms with Crippen LogP contribution in [0.5, 0.6) is 0 Å². The topological polar surface area (TPSA) is 83.6 Å². The second kappa shape index (κ2) is 11.5. The lowest BCUT2D eigenvalue weighted by Crippen LogP contribution is -2.59. The average Bonchev–Trinajstić information content (AvgIpc) is 2.88. The fourth-order valence-corrected chi connectivity index (χ4v) is 5.17. The van der Waals surface area contributed by atoms with Crippen LogP contribution in [0.1, 0.15) is 77.0 Å². The molecule has 4 rings (SSSR count). The van der Waals surface area contributed by atoms with Gasteiger partial charge in [-0.25, -0.2) is 0 Å². The largest absolute Gasteiger partial charge is 0.375 e. The van der Waals surface area contributed by atoms with Gasteiger partial charge in [-0.05, 0) is 48.9 Å². The summed E-state index contributed by atoms with van der Waals surface area (Å²) >= 11 is 0. The van der Waals surface area contributed by atoms with E-state index in [1.807, 2.05) is 43.3 Å². The number of ether oxygens (including phenoxy) is 1. The van der Waals surface area contributed by atoms with E-state index in [9.17, 15) is 9.59 Å². The monoisotopic (exact) mass is 492 g/mol. The number of morpholine rings is 1. The molecule has 2 N–H and O–H groups in total. The van der Waals surface area contributed by atoms with Crippen molar-refractivity contribution in [2.45, 2.75) is 89.4 Å². The summed E-state index contributed by atoms with van der Waals surface area (Å²) in [5.74, 6) is -0.356. The first-order valence-electron chi connectivity index (χ1n) is 13.2. The van der Waals surface area contributed by atoms with Crippen molar-refractivity contribution in [2.24, 2.45) is 0 Å². The molecule has 3 atom stereocenters. The number of carbonyl (C=O) groups excluding carboxylic acids is 2. The maximum absolute atomic E-state index is 14.2. The van der Waals surface area contributed by atoms with Gasteiger partial charge in [-0.3, -0.25) is 19.5 Å². The van der Waals surface area contributed by atoms with Crippen LogP contribution in [0.25, 0.3) is 0 Å². The number of rotatable bonds is 6. The van der Waals surface area contributed by atoms with Gasteiger partial charge in [0.1, 0.15) is 12.1 Å². The lowest BCUT2D eigenvalue weighted by atomic mass is 9.87. The van der Waals surface area contributed by atoms with Crippen LogP contribution in [0.2, 0.25) is 0 Å². The number of benzene rings is 1. The van der Waals surface area contributed by atoms with Gasteiger partial charge in [0.05, 0.1) is 12.7 Å². The lowest BCUT2D eigenvalue weighted by Gasteiger charge is -2.38. The summed E-state index contributed by atoms with van der Waals surface area (Å²) in [6.45, 7) is 9.52. The maximum Gasteiger partial charge on any atom is 0.248 e. The molecular weight excluding hydrogens is 452 g/mol. The van der Waals surface area contributed by atoms with E-state index in [0.717, 1.165) is 31.2 Å². The molecule has 1 unspecified atom stereocenters. The van der Waals surface area contributed by atoms with Crippen molar-refractivity contribution in [3.8, 4) is 0 Å². The molecule has 1 aromatic heterocycles. The predicted octanol–water partition coefficient (Wildman–Crippen LogP) is 4.28. The predicted molar refractivity (Wildman–Crippen MR) is 142 cm³/mol. The molecule has 2 amide bonds. The van der Waals surface area contributed by atoms with Gasteiger partial charge in [-0.2, -0.15) is 0 Å². The van der Waals surface area contributed by atoms with Crippen molar-refractivity contribution in [1.82, 2.24) is 15.6 Å². The molecule has 36 heavy (non-hydrogen) atoms. The molecule has 0 spiro atoms. The van der Waals surface area contributed by atoms with Crippen LogP contribution < -0.4 is 15.5 Å². The Balaban J connectivity index is 1.76. The summed E-state index contributed by atoms with van der Waals surface area (Å²) in [6, 6.07) is 10.4. The third-order valence-corrected chi connectivity index (χ3v) is 7.29. The van der Waals surface area contributed by atoms with Crippen LogP contribution in [0.15, 0.2) is 48.8 Å². The van der Waals surface area contributed by atoms with Gasteiger partial charge in [0.15, 0.2) is 0 Å². The minimum Gasteiger partial charge on any atom is -0.375 e. The van der Waals surface area contributed by atoms with E-state index in [4.69, 9.17) is 4.74 Å². The first kappa shape index (κ1) is 26.3. The summed E-state index contributed by atoms with van der Waals surface area (Å²) in [4.78, 5) is 34.1. The minimum absolute atomic E-state index is 0.0260. The Kier molecular flexibility index (Phi) is 8.42. The number of aromatic nitrogens is 1. The van der Waals surface area contributed by atoms with Crippen molar-refractivity contribution in [3.05, 3.63) is 59.9 Å². The van der Waals surface area contributed by atoms with Gasteiger partial charge < -0.3 is 15.4 Å². The molecule has 2 fully saturated rings. The van der Waals surface area contributed by atoms with Gasteiger partial charge in [-0.1, -0.05) is 58.2 Å². The summed E-state index contributed by atoms with van der Waals surface area (Å²) in [5.41, 5.74) is 2.50. The molecule has 1 aliphatic heterocycles. The van der Waals surface area contributed by atoms with E-state index in [2.05, 4.69) is 36.4 Å². The Labute approximate surface area is 215 Å². The molecule has 1 saturated carbocycles. The number of hydrogen-bond donors (Lipinski definition) is 2. The van der Waals surface area contributed by atoms with Gasteiger partial charge in [0.25, 0.3) is 0 Å². The minimum atomic E-state index is -0.843. The van der Waals surface area contributed by atoms with Gasteiger partial charge in [-0.15, -0.1) is 0 Å². The third kappa shape index (κ3) is 6.13. The van der Waals surface area contributed by atoms with Crippen molar-refractivity contribution in [1.29, 1.82) is 0 Å². The van der Waals surface area contributed by atoms with Crippen LogP contribution >= 0.6 is 0 Å². The number of carbonyl (C=O) groups is 2. The molecule has 7 nitrogen and oxygen atoms in total. The molecule has 1 saturated heterocycles. The number of anilines is 1. The van der Waals surface area contributed by atoms with E-state index in [-0.39, 0.29) is 29.4 Å². The zero-order valence-corrected chi connectivity index (χ0v) is 22.0. The van der Waals surface area contributed by atoms with Gasteiger partial charge >= 0.3 is 0 Å². The fraction of sp³-hybridized carbons (Fsp3) is 0.552. The van der Waals surface area contributed by atoms with Crippen molar-refractivity contribution in [2.75, 3.05) is 18.1 Å². The second-order valence-electron chi connectivity index (χ2n) is 11.0. The Morgan fingerprint density at radius 2 is 1.83 bits per heavy atom. The molecular formula is C29H40N4O3. The first-order chi connectivity index (χ1) is 17.3. The third-order valence-electron chi connectivity index (χ3n) is 7.29. The molecule has 1 aliphatic carbocycles. The van der Waals surface area contributed by atoms with E-state index >= 15 is 0 Å². The number of nitrogens with one attached hydrogen (secondary N) is 2. The van der Waals surface area contributed by atoms with Crippen LogP contribution in [0.3, 0.4) is 0 Å². The second-order valence-corrected chi connectivity index (χ2v) is 11.0. The Hall–Kier alpha value is -2.77. The van der Waals surface area contributed by atoms with Crippen LogP contribution in [-0.4, -0.2) is 48.1 Å². The normalized spacial score (nSPS) is 22.0. The average molecular weight is 493 g/mol. The molecule has 7 heteroatoms. The van der Waals surface area contributed by atoms with Crippen molar-refractivity contribution >= 4 is 17.5 Å². The summed E-state index contributed by atoms with van der Waals surface area (Å²) in [7, 11) is 0. The fourth-order valence-electron chi connectivity index (χ4n) is 5.17. The molecule has 2 heterocycles. The van der Waals surface area contributed by atoms with E-state index in [1.165, 1.54) is 6.42 Å². The van der Waals surface area contributed by atoms with E-state index in [1.54, 1.807) is 17.3 Å². The van der Waals surface area contributed by atoms with Gasteiger partial charge in [0, 0.05) is 36.2 Å². The Morgan fingerprint density at radius 1 is 1.11 bits per heavy atom. The Bertz CT molecular complexity index is 1010. The number of pyridine rings is 1. The highest BCUT2D eigenvalue weighted by Gasteiger charge is 2.40. The molecule has 0 bridgehead atoms. The maximum atomic E-state index is 14.2. The van der Waals surface area contributed by atoms with Crippen molar-refractivity contribution in [3.63, 3.8) is 0 Å². The number of nitrogens with zero attached hydrogens (tertiary/aromatic N) is 2. The quantitative estimate of drug-likeness (QED) is 0.629. The summed E-state index contributed by atoms with van der Waals surface area (Å²) in [5, 5.41) is 6.58. The number of hydrogen-bond acceptors (Lipinski definition) is 5. The SMILES string of the molecule is C[C@@H]1OCCN[C@H]1C(=O)N(c1ccc(C(C)(C)C)cc1)C(C(=O)NC1CCCCC1)c1cccnc1. The van der Waals surface area contributed by atoms with Gasteiger partial charge in [0.2, 0.25) is 11.8 Å². The standard InChI is InChI=1S/C29H40N4O3/c1-20-25(31-17-18-36-20)28(35)33(24-14-12-22(13-15-24)29(2,3)4)26(21-9-8-16-30-19-21)27(34)32-23-10-6-5-7-11-23/h8-9,12-16,19-20,23,25-26,31H,5-7,10-11,17-18H2,1-4H3,(H,32,34)/t20-,25+,26?/m0/s1. The van der Waals surface area contributed by atoms with Crippen LogP contribution in [0, 0.1) is 0 Å². The van der Waals surface area contributed by atoms with Crippen LogP contribution in [0.4, 0.5) is 5.69 Å². The summed E-state index contributed by atoms with van der Waals surface area (Å²) < 4.78 is 5.81. The molecule has 194 valence electrons. The molecule has 2 aromatic rings. The first-order valence-corrected chi connectivity index (χ1v) is 13.2. The summed E-state index contributed by atoms with van der Waals surface area (Å²) in [6.07, 6.45) is 8.42. The molecule has 2 aliphatic rings. The highest BCUT2D eigenvalue weighted by molar-refractivity contribution is 6.04. The highest BCUT2D eigenvalue weighted by atomic mass is 16.5. The Morgan fingerprint density at radius 3 is 2.44 bits per heavy atom. The molecule has 1 aromatic carbocycles. The smallest absolute Gasteiger partial charge is 0.248 e. The van der Waals surface area contributed by atoms with E-state index in [0.29, 0.717) is 24.4 Å². The zero-order chi connectivity index (χ0) is 25.7. The van der Waals surface area contributed by atoms with Crippen LogP contribution in [-0.2, 0) is 19.7 Å². The lowest BCUT2D eigenvalue weighted by molar-refractivity contribution is -0.131. The zero-order valence-electron chi connectivity index (χ0n) is 22.0. The molecule has 0 radical (unpaired) electrons. The van der Waals surface area contributed by atoms with E-state index < -0.39 is 12.1 Å². The van der Waals surface area contributed by atoms with Crippen molar-refractivity contribution < 1.29 is 14.3 Å². The number of amides is 2. The highest BCUT2D eigenvalue weighted by Crippen LogP contribution is 2.32.